The number of aryl methyl sites for hydroxylation is 1. The van der Waals surface area contributed by atoms with Crippen LogP contribution in [0.1, 0.15) is 11.1 Å². The fourth-order valence-corrected chi connectivity index (χ4v) is 2.22. The summed E-state index contributed by atoms with van der Waals surface area (Å²) in [5, 5.41) is 11.7. The third-order valence-electron chi connectivity index (χ3n) is 2.77. The van der Waals surface area contributed by atoms with Crippen molar-refractivity contribution < 1.29 is 9.66 Å². The predicted molar refractivity (Wildman–Crippen MR) is 78.9 cm³/mol. The van der Waals surface area contributed by atoms with E-state index in [1.165, 1.54) is 0 Å². The highest BCUT2D eigenvalue weighted by atomic mass is 35.5. The van der Waals surface area contributed by atoms with Crippen molar-refractivity contribution in [3.05, 3.63) is 62.7 Å². The number of nitrogens with zero attached hydrogens (tertiary/aromatic N) is 1. The fourth-order valence-electron chi connectivity index (χ4n) is 1.82. The maximum absolute atomic E-state index is 11.1. The Morgan fingerprint density at radius 1 is 1.25 bits per heavy atom. The Balaban J connectivity index is 2.45. The molecule has 0 bridgehead atoms. The molecule has 0 fully saturated rings. The molecule has 2 aromatic rings. The second-order valence-electron chi connectivity index (χ2n) is 4.17. The molecule has 0 aliphatic heterocycles. The number of alkyl halides is 1. The average molecular weight is 312 g/mol. The first kappa shape index (κ1) is 14.6. The van der Waals surface area contributed by atoms with Gasteiger partial charge in [-0.05, 0) is 31.2 Å². The van der Waals surface area contributed by atoms with E-state index >= 15 is 0 Å². The molecule has 104 valence electrons. The van der Waals surface area contributed by atoms with Crippen LogP contribution in [0.2, 0.25) is 5.02 Å². The Morgan fingerprint density at radius 2 is 2.00 bits per heavy atom. The number of halogens is 2. The van der Waals surface area contributed by atoms with Gasteiger partial charge < -0.3 is 4.74 Å². The summed E-state index contributed by atoms with van der Waals surface area (Å²) in [5.41, 5.74) is 1.16. The molecule has 2 aromatic carbocycles. The van der Waals surface area contributed by atoms with Gasteiger partial charge >= 0.3 is 5.69 Å². The van der Waals surface area contributed by atoms with E-state index in [1.807, 2.05) is 0 Å². The highest BCUT2D eigenvalue weighted by Gasteiger charge is 2.19. The van der Waals surface area contributed by atoms with Crippen LogP contribution < -0.4 is 4.74 Å². The minimum atomic E-state index is -0.457. The van der Waals surface area contributed by atoms with Crippen LogP contribution in [0.3, 0.4) is 0 Å². The van der Waals surface area contributed by atoms with Crippen molar-refractivity contribution >= 4 is 28.9 Å². The SMILES string of the molecule is Cc1cccc(Oc2ccc(Cl)cc2CCl)c1[N+](=O)[O-]. The largest absolute Gasteiger partial charge is 0.450 e. The molecule has 4 nitrogen and oxygen atoms in total. The molecular weight excluding hydrogens is 301 g/mol. The molecule has 0 unspecified atom stereocenters. The molecule has 0 aliphatic carbocycles. The summed E-state index contributed by atoms with van der Waals surface area (Å²) < 4.78 is 5.64. The summed E-state index contributed by atoms with van der Waals surface area (Å²) in [5.74, 6) is 0.844. The zero-order valence-electron chi connectivity index (χ0n) is 10.6. The lowest BCUT2D eigenvalue weighted by Gasteiger charge is -2.11. The maximum atomic E-state index is 11.1. The standard InChI is InChI=1S/C14H11Cl2NO3/c1-9-3-2-4-13(14(9)17(18)19)20-12-6-5-11(16)7-10(12)8-15/h2-7H,8H2,1H3. The van der Waals surface area contributed by atoms with Gasteiger partial charge in [-0.3, -0.25) is 10.1 Å². The first-order chi connectivity index (χ1) is 9.52. The minimum Gasteiger partial charge on any atom is -0.450 e. The van der Waals surface area contributed by atoms with Crippen LogP contribution in [-0.2, 0) is 5.88 Å². The number of ether oxygens (including phenoxy) is 1. The number of hydrogen-bond donors (Lipinski definition) is 0. The Bertz CT molecular complexity index is 659. The summed E-state index contributed by atoms with van der Waals surface area (Å²) in [6.07, 6.45) is 0. The normalized spacial score (nSPS) is 10.3. The lowest BCUT2D eigenvalue weighted by molar-refractivity contribution is -0.386. The van der Waals surface area contributed by atoms with Crippen molar-refractivity contribution in [1.29, 1.82) is 0 Å². The smallest absolute Gasteiger partial charge is 0.314 e. The molecule has 20 heavy (non-hydrogen) atoms. The Labute approximate surface area is 126 Å². The predicted octanol–water partition coefficient (Wildman–Crippen LogP) is 5.09. The zero-order valence-corrected chi connectivity index (χ0v) is 12.1. The monoisotopic (exact) mass is 311 g/mol. The van der Waals surface area contributed by atoms with Gasteiger partial charge in [0.2, 0.25) is 5.75 Å². The van der Waals surface area contributed by atoms with E-state index in [4.69, 9.17) is 27.9 Å². The molecular formula is C14H11Cl2NO3. The van der Waals surface area contributed by atoms with Crippen LogP contribution >= 0.6 is 23.2 Å². The van der Waals surface area contributed by atoms with Crippen molar-refractivity contribution in [2.45, 2.75) is 12.8 Å². The van der Waals surface area contributed by atoms with E-state index in [9.17, 15) is 10.1 Å². The molecule has 0 aromatic heterocycles. The Hall–Kier alpha value is -1.78. The molecule has 0 spiro atoms. The van der Waals surface area contributed by atoms with Gasteiger partial charge in [0.15, 0.2) is 0 Å². The molecule has 0 radical (unpaired) electrons. The van der Waals surface area contributed by atoms with Crippen molar-refractivity contribution in [3.8, 4) is 11.5 Å². The van der Waals surface area contributed by atoms with Gasteiger partial charge in [0, 0.05) is 16.1 Å². The number of nitro groups is 1. The molecule has 0 heterocycles. The number of para-hydroxylation sites is 1. The summed E-state index contributed by atoms with van der Waals surface area (Å²) in [7, 11) is 0. The summed E-state index contributed by atoms with van der Waals surface area (Å²) in [6, 6.07) is 9.88. The van der Waals surface area contributed by atoms with Crippen molar-refractivity contribution in [1.82, 2.24) is 0 Å². The number of rotatable bonds is 4. The summed E-state index contributed by atoms with van der Waals surface area (Å²) in [6.45, 7) is 1.66. The van der Waals surface area contributed by atoms with Gasteiger partial charge in [-0.15, -0.1) is 11.6 Å². The first-order valence-corrected chi connectivity index (χ1v) is 6.70. The lowest BCUT2D eigenvalue weighted by atomic mass is 10.2. The lowest BCUT2D eigenvalue weighted by Crippen LogP contribution is -1.97. The quantitative estimate of drug-likeness (QED) is 0.449. The van der Waals surface area contributed by atoms with Crippen LogP contribution in [0.25, 0.3) is 0 Å². The third-order valence-corrected chi connectivity index (χ3v) is 3.29. The zero-order chi connectivity index (χ0) is 14.7. The van der Waals surface area contributed by atoms with Gasteiger partial charge in [0.05, 0.1) is 10.8 Å². The summed E-state index contributed by atoms with van der Waals surface area (Å²) in [4.78, 5) is 10.7. The van der Waals surface area contributed by atoms with Gasteiger partial charge in [-0.2, -0.15) is 0 Å². The highest BCUT2D eigenvalue weighted by Crippen LogP contribution is 2.36. The molecule has 0 aliphatic rings. The first-order valence-electron chi connectivity index (χ1n) is 5.79. The molecule has 0 amide bonds. The summed E-state index contributed by atoms with van der Waals surface area (Å²) >= 11 is 11.7. The van der Waals surface area contributed by atoms with E-state index in [0.717, 1.165) is 0 Å². The van der Waals surface area contributed by atoms with E-state index < -0.39 is 4.92 Å². The molecule has 0 saturated carbocycles. The van der Waals surface area contributed by atoms with Gasteiger partial charge in [0.1, 0.15) is 5.75 Å². The molecule has 0 saturated heterocycles. The fraction of sp³-hybridized carbons (Fsp3) is 0.143. The molecule has 6 heteroatoms. The van der Waals surface area contributed by atoms with Crippen LogP contribution in [0, 0.1) is 17.0 Å². The number of benzene rings is 2. The van der Waals surface area contributed by atoms with E-state index in [-0.39, 0.29) is 17.3 Å². The molecule has 0 N–H and O–H groups in total. The van der Waals surface area contributed by atoms with Crippen LogP contribution in [0.15, 0.2) is 36.4 Å². The van der Waals surface area contributed by atoms with Gasteiger partial charge in [-0.25, -0.2) is 0 Å². The van der Waals surface area contributed by atoms with E-state index in [2.05, 4.69) is 0 Å². The Kier molecular flexibility index (Phi) is 4.47. The topological polar surface area (TPSA) is 52.4 Å². The second-order valence-corrected chi connectivity index (χ2v) is 4.87. The van der Waals surface area contributed by atoms with Crippen LogP contribution in [0.5, 0.6) is 11.5 Å². The van der Waals surface area contributed by atoms with Crippen molar-refractivity contribution in [3.63, 3.8) is 0 Å². The minimum absolute atomic E-state index is 0.0528. The second kappa shape index (κ2) is 6.11. The van der Waals surface area contributed by atoms with E-state index in [0.29, 0.717) is 21.9 Å². The number of nitro benzene ring substituents is 1. The van der Waals surface area contributed by atoms with Crippen LogP contribution in [0.4, 0.5) is 5.69 Å². The third kappa shape index (κ3) is 3.03. The highest BCUT2D eigenvalue weighted by molar-refractivity contribution is 6.30. The number of hydrogen-bond acceptors (Lipinski definition) is 3. The van der Waals surface area contributed by atoms with E-state index in [1.54, 1.807) is 43.3 Å². The van der Waals surface area contributed by atoms with Crippen molar-refractivity contribution in [2.75, 3.05) is 0 Å². The van der Waals surface area contributed by atoms with Gasteiger partial charge in [-0.1, -0.05) is 23.7 Å². The van der Waals surface area contributed by atoms with Crippen LogP contribution in [-0.4, -0.2) is 4.92 Å². The maximum Gasteiger partial charge on any atom is 0.314 e. The Morgan fingerprint density at radius 3 is 2.65 bits per heavy atom. The van der Waals surface area contributed by atoms with Gasteiger partial charge in [0.25, 0.3) is 0 Å². The molecule has 0 atom stereocenters. The average Bonchev–Trinajstić information content (AvgIpc) is 2.40. The molecule has 2 rings (SSSR count). The van der Waals surface area contributed by atoms with Crippen molar-refractivity contribution in [2.24, 2.45) is 0 Å².